The summed E-state index contributed by atoms with van der Waals surface area (Å²) in [6.45, 7) is 0. The van der Waals surface area contributed by atoms with Crippen molar-refractivity contribution in [2.45, 2.75) is 0 Å². The number of hydrogen-bond donors (Lipinski definition) is 0. The molecular weight excluding hydrogens is 284 g/mol. The van der Waals surface area contributed by atoms with Gasteiger partial charge < -0.3 is 0 Å². The van der Waals surface area contributed by atoms with Crippen molar-refractivity contribution in [1.29, 1.82) is 0 Å². The second kappa shape index (κ2) is 4.62. The van der Waals surface area contributed by atoms with Gasteiger partial charge in [-0.05, 0) is 28.0 Å². The zero-order chi connectivity index (χ0) is 13.5. The van der Waals surface area contributed by atoms with Gasteiger partial charge in [-0.1, -0.05) is 66.2 Å². The summed E-state index contributed by atoms with van der Waals surface area (Å²) in [5.74, 6) is 0. The Morgan fingerprint density at radius 1 is 0.800 bits per heavy atom. The molecule has 4 aromatic rings. The summed E-state index contributed by atoms with van der Waals surface area (Å²) >= 11 is 7.87. The Morgan fingerprint density at radius 2 is 1.65 bits per heavy atom. The van der Waals surface area contributed by atoms with Gasteiger partial charge in [0.2, 0.25) is 0 Å². The summed E-state index contributed by atoms with van der Waals surface area (Å²) in [7, 11) is 0. The van der Waals surface area contributed by atoms with Crippen LogP contribution >= 0.6 is 22.9 Å². The van der Waals surface area contributed by atoms with Crippen LogP contribution in [0, 0.1) is 0 Å². The molecule has 0 saturated heterocycles. The maximum atomic E-state index is 6.18. The van der Waals surface area contributed by atoms with Crippen molar-refractivity contribution in [2.24, 2.45) is 0 Å². The van der Waals surface area contributed by atoms with Gasteiger partial charge in [0.05, 0.1) is 5.02 Å². The molecule has 0 aliphatic rings. The molecule has 1 heterocycles. The van der Waals surface area contributed by atoms with Gasteiger partial charge >= 0.3 is 0 Å². The van der Waals surface area contributed by atoms with Crippen LogP contribution in [0.5, 0.6) is 0 Å². The fourth-order valence-electron chi connectivity index (χ4n) is 2.64. The van der Waals surface area contributed by atoms with Crippen LogP contribution in [0.3, 0.4) is 0 Å². The van der Waals surface area contributed by atoms with Gasteiger partial charge in [-0.3, -0.25) is 0 Å². The molecule has 20 heavy (non-hydrogen) atoms. The highest BCUT2D eigenvalue weighted by atomic mass is 35.5. The molecule has 0 bridgehead atoms. The maximum absolute atomic E-state index is 6.18. The van der Waals surface area contributed by atoms with Gasteiger partial charge in [0, 0.05) is 15.5 Å². The van der Waals surface area contributed by atoms with E-state index in [1.807, 2.05) is 5.38 Å². The molecule has 1 aromatic heterocycles. The maximum Gasteiger partial charge on any atom is 0.0591 e. The van der Waals surface area contributed by atoms with Crippen molar-refractivity contribution in [3.63, 3.8) is 0 Å². The summed E-state index contributed by atoms with van der Waals surface area (Å²) in [4.78, 5) is 0. The SMILES string of the molecule is Clc1csc2cc(-c3cccc4ccccc34)ccc12. The van der Waals surface area contributed by atoms with Crippen LogP contribution < -0.4 is 0 Å². The van der Waals surface area contributed by atoms with Gasteiger partial charge in [0.15, 0.2) is 0 Å². The zero-order valence-corrected chi connectivity index (χ0v) is 12.2. The second-order valence-corrected chi connectivity index (χ2v) is 6.14. The molecular formula is C18H11ClS. The molecule has 0 nitrogen and oxygen atoms in total. The molecule has 0 N–H and O–H groups in total. The molecule has 0 aliphatic heterocycles. The minimum absolute atomic E-state index is 0.842. The van der Waals surface area contributed by atoms with E-state index in [1.54, 1.807) is 11.3 Å². The molecule has 4 rings (SSSR count). The standard InChI is InChI=1S/C18H11ClS/c19-17-11-20-18-10-13(8-9-16(17)18)15-7-3-5-12-4-1-2-6-14(12)15/h1-11H. The quantitative estimate of drug-likeness (QED) is 0.382. The average Bonchev–Trinajstić information content (AvgIpc) is 2.87. The normalized spacial score (nSPS) is 11.2. The Labute approximate surface area is 126 Å². The third-order valence-electron chi connectivity index (χ3n) is 3.63. The highest BCUT2D eigenvalue weighted by molar-refractivity contribution is 7.17. The molecule has 0 aliphatic carbocycles. The van der Waals surface area contributed by atoms with Crippen LogP contribution in [-0.4, -0.2) is 0 Å². The molecule has 0 amide bonds. The lowest BCUT2D eigenvalue weighted by molar-refractivity contribution is 1.70. The molecule has 0 radical (unpaired) electrons. The highest BCUT2D eigenvalue weighted by Crippen LogP contribution is 2.35. The lowest BCUT2D eigenvalue weighted by atomic mass is 9.98. The van der Waals surface area contributed by atoms with E-state index in [9.17, 15) is 0 Å². The second-order valence-electron chi connectivity index (χ2n) is 4.82. The Morgan fingerprint density at radius 3 is 2.60 bits per heavy atom. The van der Waals surface area contributed by atoms with Crippen molar-refractivity contribution in [1.82, 2.24) is 0 Å². The molecule has 0 unspecified atom stereocenters. The molecule has 0 atom stereocenters. The predicted octanol–water partition coefficient (Wildman–Crippen LogP) is 6.37. The molecule has 2 heteroatoms. The first-order valence-electron chi connectivity index (χ1n) is 6.48. The van der Waals surface area contributed by atoms with Crippen molar-refractivity contribution >= 4 is 43.8 Å². The van der Waals surface area contributed by atoms with E-state index in [2.05, 4.69) is 60.7 Å². The first-order chi connectivity index (χ1) is 9.83. The summed E-state index contributed by atoms with van der Waals surface area (Å²) in [5, 5.41) is 6.54. The van der Waals surface area contributed by atoms with Crippen molar-refractivity contribution in [2.75, 3.05) is 0 Å². The van der Waals surface area contributed by atoms with Crippen molar-refractivity contribution < 1.29 is 0 Å². The summed E-state index contributed by atoms with van der Waals surface area (Å²) < 4.78 is 1.24. The molecule has 0 spiro atoms. The zero-order valence-electron chi connectivity index (χ0n) is 10.6. The van der Waals surface area contributed by atoms with Crippen LogP contribution in [0.25, 0.3) is 32.0 Å². The van der Waals surface area contributed by atoms with Crippen LogP contribution in [0.4, 0.5) is 0 Å². The van der Waals surface area contributed by atoms with E-state index in [1.165, 1.54) is 26.6 Å². The molecule has 96 valence electrons. The largest absolute Gasteiger partial charge is 0.142 e. The number of thiophene rings is 1. The van der Waals surface area contributed by atoms with Gasteiger partial charge in [0.1, 0.15) is 0 Å². The number of halogens is 1. The van der Waals surface area contributed by atoms with E-state index in [4.69, 9.17) is 11.6 Å². The smallest absolute Gasteiger partial charge is 0.0591 e. The molecule has 3 aromatic carbocycles. The molecule has 0 fully saturated rings. The van der Waals surface area contributed by atoms with Gasteiger partial charge in [-0.25, -0.2) is 0 Å². The van der Waals surface area contributed by atoms with Crippen LogP contribution in [-0.2, 0) is 0 Å². The highest BCUT2D eigenvalue weighted by Gasteiger charge is 2.06. The lowest BCUT2D eigenvalue weighted by Gasteiger charge is -2.07. The van der Waals surface area contributed by atoms with E-state index in [0.717, 1.165) is 10.4 Å². The topological polar surface area (TPSA) is 0 Å². The van der Waals surface area contributed by atoms with E-state index < -0.39 is 0 Å². The average molecular weight is 295 g/mol. The van der Waals surface area contributed by atoms with Crippen LogP contribution in [0.15, 0.2) is 66.0 Å². The minimum Gasteiger partial charge on any atom is -0.142 e. The first-order valence-corrected chi connectivity index (χ1v) is 7.73. The summed E-state index contributed by atoms with van der Waals surface area (Å²) in [6.07, 6.45) is 0. The number of rotatable bonds is 1. The minimum atomic E-state index is 0.842. The fraction of sp³-hybridized carbons (Fsp3) is 0. The van der Waals surface area contributed by atoms with Gasteiger partial charge in [-0.15, -0.1) is 11.3 Å². The Bertz CT molecular complexity index is 916. The summed E-state index contributed by atoms with van der Waals surface area (Å²) in [5.41, 5.74) is 2.52. The number of benzene rings is 3. The van der Waals surface area contributed by atoms with Crippen LogP contribution in [0.2, 0.25) is 5.02 Å². The molecule has 0 saturated carbocycles. The number of hydrogen-bond acceptors (Lipinski definition) is 1. The van der Waals surface area contributed by atoms with E-state index >= 15 is 0 Å². The third-order valence-corrected chi connectivity index (χ3v) is 5.02. The van der Waals surface area contributed by atoms with Gasteiger partial charge in [-0.2, -0.15) is 0 Å². The van der Waals surface area contributed by atoms with E-state index in [0.29, 0.717) is 0 Å². The van der Waals surface area contributed by atoms with Crippen LogP contribution in [0.1, 0.15) is 0 Å². The third kappa shape index (κ3) is 1.82. The Hall–Kier alpha value is -1.83. The fourth-order valence-corrected chi connectivity index (χ4v) is 3.85. The Balaban J connectivity index is 2.01. The first kappa shape index (κ1) is 12.0. The monoisotopic (exact) mass is 294 g/mol. The lowest BCUT2D eigenvalue weighted by Crippen LogP contribution is -1.80. The predicted molar refractivity (Wildman–Crippen MR) is 89.8 cm³/mol. The van der Waals surface area contributed by atoms with E-state index in [-0.39, 0.29) is 0 Å². The van der Waals surface area contributed by atoms with Crippen molar-refractivity contribution in [3.8, 4) is 11.1 Å². The number of fused-ring (bicyclic) bond motifs is 2. The van der Waals surface area contributed by atoms with Gasteiger partial charge in [0.25, 0.3) is 0 Å². The van der Waals surface area contributed by atoms with Crippen molar-refractivity contribution in [3.05, 3.63) is 71.1 Å². The Kier molecular flexibility index (Phi) is 2.76. The summed E-state index contributed by atoms with van der Waals surface area (Å²) in [6, 6.07) is 21.4.